The van der Waals surface area contributed by atoms with Crippen LogP contribution in [0.25, 0.3) is 16.9 Å². The first-order valence-corrected chi connectivity index (χ1v) is 13.0. The molecular formula is C28H31FN4O3. The van der Waals surface area contributed by atoms with Crippen LogP contribution < -0.4 is 0 Å². The Kier molecular flexibility index (Phi) is 5.39. The minimum Gasteiger partial charge on any atom is -0.481 e. The van der Waals surface area contributed by atoms with Crippen molar-refractivity contribution in [1.82, 2.24) is 19.5 Å². The lowest BCUT2D eigenvalue weighted by Gasteiger charge is -2.27. The number of hydrogen-bond donors (Lipinski definition) is 1. The van der Waals surface area contributed by atoms with Crippen LogP contribution in [0.4, 0.5) is 4.39 Å². The first-order chi connectivity index (χ1) is 17.3. The van der Waals surface area contributed by atoms with Gasteiger partial charge in [-0.15, -0.1) is 0 Å². The van der Waals surface area contributed by atoms with Crippen molar-refractivity contribution in [3.8, 4) is 11.3 Å². The average molecular weight is 491 g/mol. The van der Waals surface area contributed by atoms with Crippen molar-refractivity contribution >= 4 is 17.5 Å². The number of carbonyl (C=O) groups excluding carboxylic acids is 1. The maximum absolute atomic E-state index is 15.6. The van der Waals surface area contributed by atoms with E-state index < -0.39 is 17.7 Å². The van der Waals surface area contributed by atoms with E-state index in [1.54, 1.807) is 28.8 Å². The molecule has 3 atom stereocenters. The molecule has 3 aromatic rings. The van der Waals surface area contributed by atoms with Gasteiger partial charge in [-0.25, -0.2) is 13.9 Å². The Morgan fingerprint density at radius 1 is 1.17 bits per heavy atom. The first kappa shape index (κ1) is 23.1. The number of aliphatic carboxylic acids is 1. The van der Waals surface area contributed by atoms with E-state index in [1.807, 2.05) is 11.0 Å². The number of aromatic nitrogens is 3. The summed E-state index contributed by atoms with van der Waals surface area (Å²) in [5.41, 5.74) is 2.97. The van der Waals surface area contributed by atoms with Crippen molar-refractivity contribution in [2.75, 3.05) is 6.54 Å². The average Bonchev–Trinajstić information content (AvgIpc) is 3.77. The molecule has 3 heterocycles. The topological polar surface area (TPSA) is 87.8 Å². The molecule has 7 nitrogen and oxygen atoms in total. The number of hydrogen-bond acceptors (Lipinski definition) is 4. The maximum atomic E-state index is 15.6. The molecule has 0 radical (unpaired) electrons. The molecule has 1 aromatic carbocycles. The summed E-state index contributed by atoms with van der Waals surface area (Å²) in [6, 6.07) is 8.87. The number of likely N-dealkylation sites (tertiary alicyclic amines) is 1. The molecule has 188 valence electrons. The molecule has 36 heavy (non-hydrogen) atoms. The summed E-state index contributed by atoms with van der Waals surface area (Å²) in [6.07, 6.45) is 6.70. The monoisotopic (exact) mass is 490 g/mol. The van der Waals surface area contributed by atoms with Gasteiger partial charge in [0.15, 0.2) is 5.65 Å². The van der Waals surface area contributed by atoms with Crippen LogP contribution in [-0.2, 0) is 10.2 Å². The highest BCUT2D eigenvalue weighted by Gasteiger charge is 2.46. The number of carboxylic acids is 1. The van der Waals surface area contributed by atoms with Gasteiger partial charge in [0, 0.05) is 35.5 Å². The number of benzene rings is 1. The van der Waals surface area contributed by atoms with E-state index in [2.05, 4.69) is 13.8 Å². The Morgan fingerprint density at radius 3 is 2.69 bits per heavy atom. The third-order valence-corrected chi connectivity index (χ3v) is 8.39. The molecule has 0 bridgehead atoms. The predicted molar refractivity (Wildman–Crippen MR) is 132 cm³/mol. The molecule has 1 saturated heterocycles. The van der Waals surface area contributed by atoms with Crippen LogP contribution in [0.5, 0.6) is 0 Å². The molecule has 3 aliphatic rings. The lowest BCUT2D eigenvalue weighted by atomic mass is 10.0. The fourth-order valence-corrected chi connectivity index (χ4v) is 5.66. The second kappa shape index (κ2) is 8.39. The Bertz CT molecular complexity index is 1380. The summed E-state index contributed by atoms with van der Waals surface area (Å²) in [5.74, 6) is -2.21. The maximum Gasteiger partial charge on any atom is 0.307 e. The van der Waals surface area contributed by atoms with Crippen molar-refractivity contribution in [2.24, 2.45) is 5.92 Å². The highest BCUT2D eigenvalue weighted by Crippen LogP contribution is 2.50. The lowest BCUT2D eigenvalue weighted by molar-refractivity contribution is -0.138. The van der Waals surface area contributed by atoms with Crippen LogP contribution in [0.15, 0.2) is 30.3 Å². The smallest absolute Gasteiger partial charge is 0.307 e. The summed E-state index contributed by atoms with van der Waals surface area (Å²) in [7, 11) is 0. The molecule has 6 rings (SSSR count). The van der Waals surface area contributed by atoms with Gasteiger partial charge in [0.05, 0.1) is 17.3 Å². The minimum absolute atomic E-state index is 0.0539. The van der Waals surface area contributed by atoms with Crippen LogP contribution in [0.1, 0.15) is 86.5 Å². The SMILES string of the molecule is C[C@@H]1CCCCCN1C(=O)c1cc(C2(C)CC2)n2nc(-c3cccc(C4CC4C(=O)O)c3F)cc2n1. The van der Waals surface area contributed by atoms with Gasteiger partial charge < -0.3 is 10.0 Å². The minimum atomic E-state index is -0.889. The third-order valence-electron chi connectivity index (χ3n) is 8.39. The van der Waals surface area contributed by atoms with Crippen LogP contribution in [-0.4, -0.2) is 49.1 Å². The zero-order valence-corrected chi connectivity index (χ0v) is 20.7. The van der Waals surface area contributed by atoms with Crippen LogP contribution in [0, 0.1) is 11.7 Å². The summed E-state index contributed by atoms with van der Waals surface area (Å²) in [4.78, 5) is 31.6. The van der Waals surface area contributed by atoms with Gasteiger partial charge >= 0.3 is 5.97 Å². The molecule has 2 saturated carbocycles. The standard InChI is InChI=1S/C28H31FN4O3/c1-16-7-4-3-5-12-32(16)26(34)22-14-23(28(2)10-11-28)33-24(30-22)15-21(31-33)18-9-6-8-17(25(18)29)19-13-20(19)27(35)36/h6,8-9,14-16,19-20H,3-5,7,10-13H2,1-2H3,(H,35,36)/t16-,19?,20?/m1/s1. The summed E-state index contributed by atoms with van der Waals surface area (Å²) < 4.78 is 17.3. The molecular weight excluding hydrogens is 459 g/mol. The number of fused-ring (bicyclic) bond motifs is 1. The number of rotatable bonds is 5. The van der Waals surface area contributed by atoms with Crippen LogP contribution in [0.2, 0.25) is 0 Å². The number of amides is 1. The third kappa shape index (κ3) is 3.87. The van der Waals surface area contributed by atoms with Gasteiger partial charge in [0.25, 0.3) is 5.91 Å². The highest BCUT2D eigenvalue weighted by molar-refractivity contribution is 5.93. The van der Waals surface area contributed by atoms with Gasteiger partial charge in [0.2, 0.25) is 0 Å². The second-order valence-electron chi connectivity index (χ2n) is 11.1. The van der Waals surface area contributed by atoms with E-state index in [1.165, 1.54) is 0 Å². The van der Waals surface area contributed by atoms with Crippen molar-refractivity contribution < 1.29 is 19.1 Å². The fraction of sp³-hybridized carbons (Fsp3) is 0.500. The molecule has 1 aliphatic heterocycles. The number of carboxylic acid groups (broad SMARTS) is 1. The molecule has 0 spiro atoms. The van der Waals surface area contributed by atoms with Gasteiger partial charge in [-0.2, -0.15) is 5.10 Å². The van der Waals surface area contributed by atoms with Crippen molar-refractivity contribution in [2.45, 2.75) is 76.2 Å². The van der Waals surface area contributed by atoms with E-state index in [-0.39, 0.29) is 23.3 Å². The molecule has 2 aliphatic carbocycles. The Morgan fingerprint density at radius 2 is 1.97 bits per heavy atom. The summed E-state index contributed by atoms with van der Waals surface area (Å²) in [6.45, 7) is 5.00. The lowest BCUT2D eigenvalue weighted by Crippen LogP contribution is -2.39. The van der Waals surface area contributed by atoms with E-state index in [4.69, 9.17) is 10.1 Å². The Balaban J connectivity index is 1.42. The number of nitrogens with zero attached hydrogens (tertiary/aromatic N) is 4. The van der Waals surface area contributed by atoms with Gasteiger partial charge in [-0.1, -0.05) is 31.9 Å². The first-order valence-electron chi connectivity index (χ1n) is 13.0. The molecule has 2 unspecified atom stereocenters. The normalized spacial score (nSPS) is 25.0. The highest BCUT2D eigenvalue weighted by atomic mass is 19.1. The zero-order valence-electron chi connectivity index (χ0n) is 20.7. The van der Waals surface area contributed by atoms with E-state index >= 15 is 4.39 Å². The molecule has 3 fully saturated rings. The molecule has 2 aromatic heterocycles. The van der Waals surface area contributed by atoms with E-state index in [0.717, 1.165) is 50.8 Å². The molecule has 8 heteroatoms. The van der Waals surface area contributed by atoms with Crippen molar-refractivity contribution in [1.29, 1.82) is 0 Å². The molecule has 1 N–H and O–H groups in total. The fourth-order valence-electron chi connectivity index (χ4n) is 5.66. The quantitative estimate of drug-likeness (QED) is 0.533. The van der Waals surface area contributed by atoms with E-state index in [9.17, 15) is 14.7 Å². The van der Waals surface area contributed by atoms with Crippen LogP contribution in [0.3, 0.4) is 0 Å². The van der Waals surface area contributed by atoms with Gasteiger partial charge in [0.1, 0.15) is 11.5 Å². The molecule has 1 amide bonds. The zero-order chi connectivity index (χ0) is 25.2. The number of carbonyl (C=O) groups is 2. The van der Waals surface area contributed by atoms with Gasteiger partial charge in [-0.3, -0.25) is 9.59 Å². The Labute approximate surface area is 209 Å². The predicted octanol–water partition coefficient (Wildman–Crippen LogP) is 5.18. The van der Waals surface area contributed by atoms with Crippen molar-refractivity contribution in [3.05, 3.63) is 53.1 Å². The summed E-state index contributed by atoms with van der Waals surface area (Å²) >= 11 is 0. The largest absolute Gasteiger partial charge is 0.481 e. The second-order valence-corrected chi connectivity index (χ2v) is 11.1. The van der Waals surface area contributed by atoms with Crippen LogP contribution >= 0.6 is 0 Å². The van der Waals surface area contributed by atoms with E-state index in [0.29, 0.717) is 34.6 Å². The Hall–Kier alpha value is -3.29. The van der Waals surface area contributed by atoms with Gasteiger partial charge in [-0.05, 0) is 56.7 Å². The summed E-state index contributed by atoms with van der Waals surface area (Å²) in [5, 5.41) is 14.0. The number of halogens is 1. The van der Waals surface area contributed by atoms with Crippen molar-refractivity contribution in [3.63, 3.8) is 0 Å².